The van der Waals surface area contributed by atoms with Gasteiger partial charge in [0.15, 0.2) is 0 Å². The van der Waals surface area contributed by atoms with E-state index in [2.05, 4.69) is 32.2 Å². The second-order valence-corrected chi connectivity index (χ2v) is 7.55. The number of hydrogen-bond acceptors (Lipinski definition) is 6. The van der Waals surface area contributed by atoms with Gasteiger partial charge in [0.05, 0.1) is 17.1 Å². The Kier molecular flexibility index (Phi) is 5.15. The van der Waals surface area contributed by atoms with E-state index in [-0.39, 0.29) is 0 Å². The highest BCUT2D eigenvalue weighted by atomic mass is 16.3. The van der Waals surface area contributed by atoms with Crippen LogP contribution in [0.4, 0.5) is 5.82 Å². The van der Waals surface area contributed by atoms with Crippen LogP contribution in [0.5, 0.6) is 0 Å². The third-order valence-electron chi connectivity index (χ3n) is 5.20. The van der Waals surface area contributed by atoms with E-state index >= 15 is 0 Å². The maximum atomic E-state index is 10.7. The highest BCUT2D eigenvalue weighted by molar-refractivity contribution is 5.37. The number of aryl methyl sites for hydroxylation is 2. The van der Waals surface area contributed by atoms with Crippen molar-refractivity contribution in [1.29, 1.82) is 0 Å². The molecule has 0 amide bonds. The molecule has 0 unspecified atom stereocenters. The summed E-state index contributed by atoms with van der Waals surface area (Å²) >= 11 is 0. The van der Waals surface area contributed by atoms with Gasteiger partial charge in [0.2, 0.25) is 0 Å². The minimum absolute atomic E-state index is 0.678. The smallest absolute Gasteiger partial charge is 0.139 e. The zero-order valence-electron chi connectivity index (χ0n) is 16.7. The first-order valence-electron chi connectivity index (χ1n) is 9.58. The van der Waals surface area contributed by atoms with Crippen molar-refractivity contribution in [3.05, 3.63) is 59.3 Å². The minimum Gasteiger partial charge on any atom is -0.380 e. The van der Waals surface area contributed by atoms with Crippen molar-refractivity contribution in [3.8, 4) is 0 Å². The molecular formula is C20H27N7O. The number of pyridine rings is 1. The number of aliphatic hydroxyl groups is 1. The fraction of sp³-hybridized carbons (Fsp3) is 0.450. The standard InChI is InChI=1S/C20H27N7O/c1-24(2)19-6-5-15(12-21-19)13-26-9-4-10-27-16(14-26)11-17(23-27)20(28)18-7-8-22-25(18)3/h5-8,11-12,20,28H,4,9-10,13-14H2,1-3H3/t20-/m0/s1. The SMILES string of the molecule is CN(C)c1ccc(CN2CCCn3nc([C@H](O)c4ccnn4C)cc3C2)cn1. The van der Waals surface area contributed by atoms with Gasteiger partial charge in [-0.15, -0.1) is 0 Å². The second-order valence-electron chi connectivity index (χ2n) is 7.55. The van der Waals surface area contributed by atoms with Gasteiger partial charge in [0, 0.05) is 59.7 Å². The number of aliphatic hydroxyl groups excluding tert-OH is 1. The van der Waals surface area contributed by atoms with Crippen molar-refractivity contribution in [2.45, 2.75) is 32.2 Å². The maximum absolute atomic E-state index is 10.7. The van der Waals surface area contributed by atoms with Gasteiger partial charge in [-0.25, -0.2) is 4.98 Å². The Bertz CT molecular complexity index is 928. The molecule has 0 aromatic carbocycles. The Morgan fingerprint density at radius 1 is 1.21 bits per heavy atom. The normalized spacial score (nSPS) is 15.9. The Hall–Kier alpha value is -2.71. The van der Waals surface area contributed by atoms with Crippen LogP contribution in [0.2, 0.25) is 0 Å². The maximum Gasteiger partial charge on any atom is 0.139 e. The summed E-state index contributed by atoms with van der Waals surface area (Å²) in [6, 6.07) is 8.04. The first-order valence-corrected chi connectivity index (χ1v) is 9.58. The van der Waals surface area contributed by atoms with Crippen LogP contribution in [-0.4, -0.2) is 55.2 Å². The highest BCUT2D eigenvalue weighted by Crippen LogP contribution is 2.23. The number of rotatable bonds is 5. The van der Waals surface area contributed by atoms with Gasteiger partial charge in [-0.3, -0.25) is 14.3 Å². The van der Waals surface area contributed by atoms with Crippen molar-refractivity contribution < 1.29 is 5.11 Å². The molecule has 1 N–H and O–H groups in total. The van der Waals surface area contributed by atoms with Crippen molar-refractivity contribution in [3.63, 3.8) is 0 Å². The Morgan fingerprint density at radius 2 is 2.07 bits per heavy atom. The van der Waals surface area contributed by atoms with Crippen LogP contribution in [0.15, 0.2) is 36.7 Å². The van der Waals surface area contributed by atoms with E-state index in [1.54, 1.807) is 10.9 Å². The lowest BCUT2D eigenvalue weighted by Crippen LogP contribution is -2.23. The Balaban J connectivity index is 1.49. The molecule has 8 nitrogen and oxygen atoms in total. The first kappa shape index (κ1) is 18.6. The molecule has 1 aliphatic rings. The second kappa shape index (κ2) is 7.73. The Labute approximate surface area is 165 Å². The van der Waals surface area contributed by atoms with Gasteiger partial charge in [0.25, 0.3) is 0 Å². The molecule has 0 saturated carbocycles. The molecule has 0 fully saturated rings. The van der Waals surface area contributed by atoms with Crippen LogP contribution >= 0.6 is 0 Å². The van der Waals surface area contributed by atoms with Crippen molar-refractivity contribution >= 4 is 5.82 Å². The van der Waals surface area contributed by atoms with E-state index in [9.17, 15) is 5.11 Å². The van der Waals surface area contributed by atoms with Gasteiger partial charge >= 0.3 is 0 Å². The van der Waals surface area contributed by atoms with Crippen LogP contribution in [0.1, 0.15) is 35.2 Å². The minimum atomic E-state index is -0.761. The number of aromatic nitrogens is 5. The van der Waals surface area contributed by atoms with Gasteiger partial charge < -0.3 is 10.0 Å². The van der Waals surface area contributed by atoms with E-state index in [0.29, 0.717) is 5.69 Å². The summed E-state index contributed by atoms with van der Waals surface area (Å²) in [6.07, 6.45) is 3.91. The van der Waals surface area contributed by atoms with E-state index < -0.39 is 6.10 Å². The molecule has 1 atom stereocenters. The molecule has 3 aromatic rings. The monoisotopic (exact) mass is 381 g/mol. The van der Waals surface area contributed by atoms with Gasteiger partial charge in [0.1, 0.15) is 11.9 Å². The molecule has 28 heavy (non-hydrogen) atoms. The summed E-state index contributed by atoms with van der Waals surface area (Å²) in [6.45, 7) is 3.53. The van der Waals surface area contributed by atoms with Crippen LogP contribution in [0.25, 0.3) is 0 Å². The van der Waals surface area contributed by atoms with Crippen LogP contribution in [0.3, 0.4) is 0 Å². The van der Waals surface area contributed by atoms with Gasteiger partial charge in [-0.05, 0) is 30.2 Å². The quantitative estimate of drug-likeness (QED) is 0.723. The molecule has 148 valence electrons. The van der Waals surface area contributed by atoms with E-state index in [1.807, 2.05) is 49.1 Å². The zero-order chi connectivity index (χ0) is 19.7. The third kappa shape index (κ3) is 3.79. The largest absolute Gasteiger partial charge is 0.380 e. The Morgan fingerprint density at radius 3 is 2.75 bits per heavy atom. The number of fused-ring (bicyclic) bond motifs is 1. The molecule has 1 aliphatic heterocycles. The highest BCUT2D eigenvalue weighted by Gasteiger charge is 2.22. The molecule has 3 aromatic heterocycles. The van der Waals surface area contributed by atoms with E-state index in [0.717, 1.165) is 49.8 Å². The molecule has 4 rings (SSSR count). The summed E-state index contributed by atoms with van der Waals surface area (Å²) < 4.78 is 3.72. The van der Waals surface area contributed by atoms with Crippen molar-refractivity contribution in [2.24, 2.45) is 7.05 Å². The fourth-order valence-electron chi connectivity index (χ4n) is 3.66. The van der Waals surface area contributed by atoms with Crippen molar-refractivity contribution in [1.82, 2.24) is 29.4 Å². The van der Waals surface area contributed by atoms with Crippen LogP contribution in [0, 0.1) is 0 Å². The average molecular weight is 381 g/mol. The third-order valence-corrected chi connectivity index (χ3v) is 5.20. The summed E-state index contributed by atoms with van der Waals surface area (Å²) in [4.78, 5) is 8.93. The van der Waals surface area contributed by atoms with Gasteiger partial charge in [-0.1, -0.05) is 6.07 Å². The summed E-state index contributed by atoms with van der Waals surface area (Å²) in [5.74, 6) is 0.964. The lowest BCUT2D eigenvalue weighted by Gasteiger charge is -2.20. The molecule has 0 radical (unpaired) electrons. The van der Waals surface area contributed by atoms with Gasteiger partial charge in [-0.2, -0.15) is 10.2 Å². The molecular weight excluding hydrogens is 354 g/mol. The number of hydrogen-bond donors (Lipinski definition) is 1. The summed E-state index contributed by atoms with van der Waals surface area (Å²) in [5, 5.41) is 19.5. The zero-order valence-corrected chi connectivity index (χ0v) is 16.7. The molecule has 0 saturated heterocycles. The van der Waals surface area contributed by atoms with Crippen LogP contribution < -0.4 is 4.90 Å². The van der Waals surface area contributed by atoms with Crippen molar-refractivity contribution in [2.75, 3.05) is 25.5 Å². The predicted molar refractivity (Wildman–Crippen MR) is 107 cm³/mol. The lowest BCUT2D eigenvalue weighted by atomic mass is 10.1. The number of anilines is 1. The lowest BCUT2D eigenvalue weighted by molar-refractivity contribution is 0.203. The average Bonchev–Trinajstić information content (AvgIpc) is 3.23. The summed E-state index contributed by atoms with van der Waals surface area (Å²) in [5.41, 5.74) is 3.76. The predicted octanol–water partition coefficient (Wildman–Crippen LogP) is 1.57. The number of nitrogens with zero attached hydrogens (tertiary/aromatic N) is 7. The fourth-order valence-corrected chi connectivity index (χ4v) is 3.66. The summed E-state index contributed by atoms with van der Waals surface area (Å²) in [7, 11) is 5.82. The molecule has 0 aliphatic carbocycles. The molecule has 0 spiro atoms. The van der Waals surface area contributed by atoms with E-state index in [1.165, 1.54) is 5.56 Å². The van der Waals surface area contributed by atoms with E-state index in [4.69, 9.17) is 0 Å². The molecule has 4 heterocycles. The topological polar surface area (TPSA) is 75.2 Å². The first-order chi connectivity index (χ1) is 13.5. The van der Waals surface area contributed by atoms with Crippen LogP contribution in [-0.2, 0) is 26.7 Å². The molecule has 0 bridgehead atoms. The molecule has 8 heteroatoms.